The van der Waals surface area contributed by atoms with Crippen LogP contribution in [-0.4, -0.2) is 29.2 Å². The summed E-state index contributed by atoms with van der Waals surface area (Å²) in [6.07, 6.45) is 4.48. The van der Waals surface area contributed by atoms with Crippen LogP contribution < -0.4 is 11.1 Å². The van der Waals surface area contributed by atoms with Gasteiger partial charge in [0.05, 0.1) is 17.1 Å². The monoisotopic (exact) mass is 242 g/mol. The highest BCUT2D eigenvalue weighted by molar-refractivity contribution is 5.83. The molecule has 0 aliphatic heterocycles. The Morgan fingerprint density at radius 1 is 1.41 bits per heavy atom. The molecule has 0 spiro atoms. The Kier molecular flexibility index (Phi) is 4.55. The van der Waals surface area contributed by atoms with Crippen molar-refractivity contribution in [3.05, 3.63) is 0 Å². The molecule has 1 amide bonds. The smallest absolute Gasteiger partial charge is 0.227 e. The maximum atomic E-state index is 12.4. The van der Waals surface area contributed by atoms with Crippen molar-refractivity contribution >= 4 is 5.91 Å². The molecule has 0 radical (unpaired) electrons. The summed E-state index contributed by atoms with van der Waals surface area (Å²) in [6, 6.07) is 0. The second-order valence-corrected chi connectivity index (χ2v) is 5.90. The second kappa shape index (κ2) is 5.36. The largest absolute Gasteiger partial charge is 0.391 e. The third kappa shape index (κ3) is 3.19. The molecule has 1 saturated carbocycles. The third-order valence-electron chi connectivity index (χ3n) is 4.16. The minimum atomic E-state index is -0.600. The quantitative estimate of drug-likeness (QED) is 0.692. The highest BCUT2D eigenvalue weighted by Gasteiger charge is 2.40. The number of hydrogen-bond donors (Lipinski definition) is 3. The molecule has 4 heteroatoms. The average molecular weight is 242 g/mol. The van der Waals surface area contributed by atoms with Crippen LogP contribution in [0.2, 0.25) is 0 Å². The predicted octanol–water partition coefficient (Wildman–Crippen LogP) is 1.17. The van der Waals surface area contributed by atoms with Crippen molar-refractivity contribution in [1.82, 2.24) is 5.32 Å². The number of nitrogens with two attached hydrogens (primary N) is 1. The molecule has 1 rings (SSSR count). The van der Waals surface area contributed by atoms with Gasteiger partial charge in [0.2, 0.25) is 5.91 Å². The van der Waals surface area contributed by atoms with Crippen LogP contribution in [0.5, 0.6) is 0 Å². The molecule has 4 N–H and O–H groups in total. The number of hydrogen-bond acceptors (Lipinski definition) is 3. The zero-order chi connectivity index (χ0) is 13.1. The van der Waals surface area contributed by atoms with Gasteiger partial charge in [-0.3, -0.25) is 4.79 Å². The molecule has 0 aromatic carbocycles. The van der Waals surface area contributed by atoms with E-state index < -0.39 is 17.1 Å². The zero-order valence-corrected chi connectivity index (χ0v) is 11.3. The number of carbonyl (C=O) groups excluding carboxylic acids is 1. The van der Waals surface area contributed by atoms with Crippen molar-refractivity contribution in [3.8, 4) is 0 Å². The Labute approximate surface area is 104 Å². The summed E-state index contributed by atoms with van der Waals surface area (Å²) in [4.78, 5) is 12.4. The lowest BCUT2D eigenvalue weighted by atomic mass is 9.73. The molecule has 1 aliphatic rings. The fraction of sp³-hybridized carbons (Fsp3) is 0.923. The number of aliphatic hydroxyl groups excluding tert-OH is 1. The SMILES string of the molecule is CC(O)C(C)(C)NC(=O)C1(CN)CCCCC1. The summed E-state index contributed by atoms with van der Waals surface area (Å²) in [7, 11) is 0. The molecule has 0 aromatic rings. The van der Waals surface area contributed by atoms with Crippen molar-refractivity contribution in [1.29, 1.82) is 0 Å². The van der Waals surface area contributed by atoms with Crippen molar-refractivity contribution in [2.24, 2.45) is 11.1 Å². The van der Waals surface area contributed by atoms with E-state index in [0.29, 0.717) is 6.54 Å². The first-order valence-electron chi connectivity index (χ1n) is 6.55. The number of amides is 1. The minimum absolute atomic E-state index is 0.00519. The van der Waals surface area contributed by atoms with E-state index in [2.05, 4.69) is 5.32 Å². The predicted molar refractivity (Wildman–Crippen MR) is 68.5 cm³/mol. The number of carbonyl (C=O) groups is 1. The van der Waals surface area contributed by atoms with Gasteiger partial charge in [-0.2, -0.15) is 0 Å². The fourth-order valence-corrected chi connectivity index (χ4v) is 2.28. The Balaban J connectivity index is 2.73. The zero-order valence-electron chi connectivity index (χ0n) is 11.3. The standard InChI is InChI=1S/C13H26N2O2/c1-10(16)12(2,3)15-11(17)13(9-14)7-5-4-6-8-13/h10,16H,4-9,14H2,1-3H3,(H,15,17). The lowest BCUT2D eigenvalue weighted by Crippen LogP contribution is -2.57. The van der Waals surface area contributed by atoms with Crippen molar-refractivity contribution in [3.63, 3.8) is 0 Å². The van der Waals surface area contributed by atoms with Gasteiger partial charge in [0.1, 0.15) is 0 Å². The van der Waals surface area contributed by atoms with Gasteiger partial charge < -0.3 is 16.2 Å². The number of aliphatic hydroxyl groups is 1. The van der Waals surface area contributed by atoms with Gasteiger partial charge in [0.15, 0.2) is 0 Å². The summed E-state index contributed by atoms with van der Waals surface area (Å²) in [6.45, 7) is 5.76. The van der Waals surface area contributed by atoms with Crippen LogP contribution in [0.15, 0.2) is 0 Å². The molecule has 1 atom stereocenters. The van der Waals surface area contributed by atoms with Crippen LogP contribution in [0.1, 0.15) is 52.9 Å². The maximum Gasteiger partial charge on any atom is 0.227 e. The molecule has 0 bridgehead atoms. The molecular formula is C13H26N2O2. The lowest BCUT2D eigenvalue weighted by molar-refractivity contribution is -0.135. The first-order valence-corrected chi connectivity index (χ1v) is 6.55. The first kappa shape index (κ1) is 14.5. The van der Waals surface area contributed by atoms with E-state index in [4.69, 9.17) is 5.73 Å². The molecule has 0 heterocycles. The average Bonchev–Trinajstić information content (AvgIpc) is 2.29. The molecule has 4 nitrogen and oxygen atoms in total. The first-order chi connectivity index (χ1) is 7.84. The summed E-state index contributed by atoms with van der Waals surface area (Å²) < 4.78 is 0. The van der Waals surface area contributed by atoms with Gasteiger partial charge in [0, 0.05) is 6.54 Å². The Hall–Kier alpha value is -0.610. The van der Waals surface area contributed by atoms with Crippen LogP contribution >= 0.6 is 0 Å². The molecule has 1 unspecified atom stereocenters. The van der Waals surface area contributed by atoms with Crippen LogP contribution in [0.4, 0.5) is 0 Å². The maximum absolute atomic E-state index is 12.4. The van der Waals surface area contributed by atoms with Gasteiger partial charge in [-0.15, -0.1) is 0 Å². The van der Waals surface area contributed by atoms with Crippen molar-refractivity contribution < 1.29 is 9.90 Å². The molecule has 1 aliphatic carbocycles. The Morgan fingerprint density at radius 3 is 2.35 bits per heavy atom. The van der Waals surface area contributed by atoms with Crippen LogP contribution in [0, 0.1) is 5.41 Å². The van der Waals surface area contributed by atoms with Gasteiger partial charge in [-0.05, 0) is 33.6 Å². The number of rotatable bonds is 4. The summed E-state index contributed by atoms with van der Waals surface area (Å²) in [5.41, 5.74) is 4.80. The van der Waals surface area contributed by atoms with Gasteiger partial charge in [0.25, 0.3) is 0 Å². The molecular weight excluding hydrogens is 216 g/mol. The van der Waals surface area contributed by atoms with E-state index in [1.165, 1.54) is 6.42 Å². The third-order valence-corrected chi connectivity index (χ3v) is 4.16. The highest BCUT2D eigenvalue weighted by atomic mass is 16.3. The van der Waals surface area contributed by atoms with E-state index >= 15 is 0 Å². The van der Waals surface area contributed by atoms with Gasteiger partial charge in [-0.25, -0.2) is 0 Å². The summed E-state index contributed by atoms with van der Waals surface area (Å²) in [5.74, 6) is 0.00519. The second-order valence-electron chi connectivity index (χ2n) is 5.90. The van der Waals surface area contributed by atoms with Crippen molar-refractivity contribution in [2.45, 2.75) is 64.5 Å². The van der Waals surface area contributed by atoms with E-state index in [9.17, 15) is 9.90 Å². The van der Waals surface area contributed by atoms with E-state index in [-0.39, 0.29) is 5.91 Å². The van der Waals surface area contributed by atoms with Crippen LogP contribution in [0.3, 0.4) is 0 Å². The normalized spacial score (nSPS) is 21.9. The van der Waals surface area contributed by atoms with E-state index in [0.717, 1.165) is 25.7 Å². The van der Waals surface area contributed by atoms with Gasteiger partial charge in [-0.1, -0.05) is 19.3 Å². The van der Waals surface area contributed by atoms with E-state index in [1.54, 1.807) is 6.92 Å². The number of nitrogens with one attached hydrogen (secondary N) is 1. The Morgan fingerprint density at radius 2 is 1.94 bits per heavy atom. The highest BCUT2D eigenvalue weighted by Crippen LogP contribution is 2.36. The van der Waals surface area contributed by atoms with Crippen LogP contribution in [-0.2, 0) is 4.79 Å². The van der Waals surface area contributed by atoms with Crippen LogP contribution in [0.25, 0.3) is 0 Å². The van der Waals surface area contributed by atoms with Gasteiger partial charge >= 0.3 is 0 Å². The molecule has 0 saturated heterocycles. The summed E-state index contributed by atoms with van der Waals surface area (Å²) in [5, 5.41) is 12.6. The fourth-order valence-electron chi connectivity index (χ4n) is 2.28. The molecule has 100 valence electrons. The van der Waals surface area contributed by atoms with Crippen molar-refractivity contribution in [2.75, 3.05) is 6.54 Å². The molecule has 1 fully saturated rings. The Bertz CT molecular complexity index is 269. The minimum Gasteiger partial charge on any atom is -0.391 e. The van der Waals surface area contributed by atoms with E-state index in [1.807, 2.05) is 13.8 Å². The molecule has 0 aromatic heterocycles. The molecule has 17 heavy (non-hydrogen) atoms. The lowest BCUT2D eigenvalue weighted by Gasteiger charge is -2.39. The summed E-state index contributed by atoms with van der Waals surface area (Å²) >= 11 is 0. The topological polar surface area (TPSA) is 75.3 Å².